The van der Waals surface area contributed by atoms with Crippen LogP contribution < -0.4 is 9.80 Å². The van der Waals surface area contributed by atoms with Gasteiger partial charge in [0.1, 0.15) is 17.4 Å². The Morgan fingerprint density at radius 2 is 1.19 bits per heavy atom. The molecular weight excluding hydrogens is 464 g/mol. The number of nitriles is 1. The summed E-state index contributed by atoms with van der Waals surface area (Å²) in [5.41, 5.74) is -0.545. The average Bonchev–Trinajstić information content (AvgIpc) is 3.53. The van der Waals surface area contributed by atoms with Crippen LogP contribution in [0.5, 0.6) is 0 Å². The fraction of sp³-hybridized carbons (Fsp3) is 0.346. The highest BCUT2D eigenvalue weighted by molar-refractivity contribution is 6.26. The molecule has 4 amide bonds. The van der Waals surface area contributed by atoms with Crippen molar-refractivity contribution in [2.75, 3.05) is 9.80 Å². The lowest BCUT2D eigenvalue weighted by Gasteiger charge is -2.35. The molecule has 0 radical (unpaired) electrons. The Labute approximate surface area is 206 Å². The van der Waals surface area contributed by atoms with E-state index in [1.54, 1.807) is 60.7 Å². The van der Waals surface area contributed by atoms with Crippen LogP contribution in [-0.4, -0.2) is 46.6 Å². The Morgan fingerprint density at radius 3 is 1.64 bits per heavy atom. The number of anilines is 2. The van der Waals surface area contributed by atoms with E-state index in [0.717, 1.165) is 15.0 Å². The first kappa shape index (κ1) is 22.5. The van der Waals surface area contributed by atoms with Crippen molar-refractivity contribution in [3.8, 4) is 6.07 Å². The van der Waals surface area contributed by atoms with E-state index in [0.29, 0.717) is 30.6 Å². The van der Waals surface area contributed by atoms with Crippen molar-refractivity contribution < 1.29 is 28.9 Å². The summed E-state index contributed by atoms with van der Waals surface area (Å²) < 4.78 is 0. The highest BCUT2D eigenvalue weighted by atomic mass is 17.0. The maximum Gasteiger partial charge on any atom is 0.266 e. The second-order valence-corrected chi connectivity index (χ2v) is 9.32. The molecule has 0 spiro atoms. The van der Waals surface area contributed by atoms with Crippen LogP contribution in [0.3, 0.4) is 0 Å². The summed E-state index contributed by atoms with van der Waals surface area (Å²) in [5.74, 6) is -4.18. The number of carbonyl (C=O) groups excluding carboxylic acids is 4. The van der Waals surface area contributed by atoms with Gasteiger partial charge in [0, 0.05) is 6.42 Å². The maximum absolute atomic E-state index is 13.8. The number of imide groups is 2. The number of fused-ring (bicyclic) bond motifs is 5. The minimum absolute atomic E-state index is 0.236. The van der Waals surface area contributed by atoms with E-state index in [1.165, 1.54) is 0 Å². The van der Waals surface area contributed by atoms with Crippen molar-refractivity contribution >= 4 is 35.0 Å². The number of amides is 4. The molecule has 0 aromatic heterocycles. The third kappa shape index (κ3) is 2.94. The van der Waals surface area contributed by atoms with E-state index in [-0.39, 0.29) is 6.42 Å². The van der Waals surface area contributed by atoms with Gasteiger partial charge < -0.3 is 0 Å². The topological polar surface area (TPSA) is 120 Å². The molecular formula is C26H22N4O6. The number of carbonyl (C=O) groups is 4. The number of hydrogen-bond donors (Lipinski definition) is 0. The van der Waals surface area contributed by atoms with Gasteiger partial charge in [-0.15, -0.1) is 0 Å². The monoisotopic (exact) mass is 486 g/mol. The van der Waals surface area contributed by atoms with Crippen LogP contribution in [0, 0.1) is 23.2 Å². The third-order valence-corrected chi connectivity index (χ3v) is 7.49. The predicted octanol–water partition coefficient (Wildman–Crippen LogP) is 2.12. The number of hydroxylamine groups is 2. The van der Waals surface area contributed by atoms with Crippen molar-refractivity contribution in [1.29, 1.82) is 5.26 Å². The van der Waals surface area contributed by atoms with Crippen LogP contribution in [-0.2, 0) is 28.9 Å². The molecule has 4 atom stereocenters. The zero-order chi connectivity index (χ0) is 25.0. The van der Waals surface area contributed by atoms with E-state index >= 15 is 0 Å². The lowest BCUT2D eigenvalue weighted by molar-refractivity contribution is -0.364. The maximum atomic E-state index is 13.8. The first-order chi connectivity index (χ1) is 17.5. The molecule has 0 unspecified atom stereocenters. The van der Waals surface area contributed by atoms with Crippen molar-refractivity contribution in [2.24, 2.45) is 11.8 Å². The summed E-state index contributed by atoms with van der Waals surface area (Å²) in [6.07, 6.45) is -0.822. The summed E-state index contributed by atoms with van der Waals surface area (Å²) in [6.45, 7) is 0. The Hall–Kier alpha value is -3.91. The minimum Gasteiger partial charge on any atom is -0.273 e. The summed E-state index contributed by atoms with van der Waals surface area (Å²) in [6, 6.07) is 19.2. The number of hydrogen-bond acceptors (Lipinski definition) is 8. The average molecular weight is 486 g/mol. The standard InChI is InChI=1S/C26H22N4O6/c27-15-9-3-8-14-26-18-20(24(33)28(22(18)31)16-10-4-1-5-11-16)35-30(26)36-21-19(26)23(32)29(25(21)34)17-12-6-2-7-13-17/h1-2,4-7,10-13,18-21H,3,8-9,14H2/t18-,19-,20-,21-/m1/s1. The summed E-state index contributed by atoms with van der Waals surface area (Å²) in [5, 5.41) is 10.1. The van der Waals surface area contributed by atoms with E-state index in [9.17, 15) is 19.2 Å². The van der Waals surface area contributed by atoms with Crippen LogP contribution in [0.15, 0.2) is 60.7 Å². The number of rotatable bonds is 6. The minimum atomic E-state index is -1.36. The molecule has 182 valence electrons. The van der Waals surface area contributed by atoms with Gasteiger partial charge in [0.15, 0.2) is 12.2 Å². The van der Waals surface area contributed by atoms with Gasteiger partial charge in [0.25, 0.3) is 11.8 Å². The quantitative estimate of drug-likeness (QED) is 0.450. The van der Waals surface area contributed by atoms with Gasteiger partial charge in [-0.25, -0.2) is 9.80 Å². The Balaban J connectivity index is 1.42. The van der Waals surface area contributed by atoms with Crippen molar-refractivity contribution in [3.63, 3.8) is 0 Å². The second kappa shape index (κ2) is 8.34. The lowest BCUT2D eigenvalue weighted by Crippen LogP contribution is -2.54. The molecule has 4 saturated heterocycles. The van der Waals surface area contributed by atoms with Gasteiger partial charge in [-0.2, -0.15) is 5.26 Å². The van der Waals surface area contributed by atoms with Crippen molar-refractivity contribution in [3.05, 3.63) is 60.7 Å². The van der Waals surface area contributed by atoms with E-state index in [4.69, 9.17) is 14.9 Å². The fourth-order valence-corrected chi connectivity index (χ4v) is 5.98. The van der Waals surface area contributed by atoms with Crippen LogP contribution in [0.2, 0.25) is 0 Å². The molecule has 0 N–H and O–H groups in total. The van der Waals surface area contributed by atoms with E-state index in [2.05, 4.69) is 6.07 Å². The Morgan fingerprint density at radius 1 is 0.722 bits per heavy atom. The summed E-state index contributed by atoms with van der Waals surface area (Å²) in [4.78, 5) is 68.4. The van der Waals surface area contributed by atoms with Gasteiger partial charge >= 0.3 is 0 Å². The first-order valence-electron chi connectivity index (χ1n) is 11.9. The molecule has 4 aliphatic heterocycles. The van der Waals surface area contributed by atoms with E-state index < -0.39 is 53.2 Å². The van der Waals surface area contributed by atoms with Gasteiger partial charge in [-0.1, -0.05) is 48.0 Å². The molecule has 0 bridgehead atoms. The van der Waals surface area contributed by atoms with Crippen LogP contribution in [0.25, 0.3) is 0 Å². The van der Waals surface area contributed by atoms with Crippen molar-refractivity contribution in [1.82, 2.24) is 5.23 Å². The number of unbranched alkanes of at least 4 members (excludes halogenated alkanes) is 2. The molecule has 0 aliphatic carbocycles. The smallest absolute Gasteiger partial charge is 0.266 e. The van der Waals surface area contributed by atoms with E-state index in [1.807, 2.05) is 0 Å². The second-order valence-electron chi connectivity index (χ2n) is 9.32. The number of benzene rings is 2. The molecule has 2 aromatic rings. The van der Waals surface area contributed by atoms with Gasteiger partial charge in [0.05, 0.1) is 17.4 Å². The highest BCUT2D eigenvalue weighted by Gasteiger charge is 2.78. The third-order valence-electron chi connectivity index (χ3n) is 7.49. The Kier molecular flexibility index (Phi) is 5.22. The van der Waals surface area contributed by atoms with Gasteiger partial charge in [-0.05, 0) is 37.1 Å². The van der Waals surface area contributed by atoms with Crippen molar-refractivity contribution in [2.45, 2.75) is 43.4 Å². The molecule has 10 heteroatoms. The molecule has 4 aliphatic rings. The molecule has 6 rings (SSSR count). The normalized spacial score (nSPS) is 28.4. The highest BCUT2D eigenvalue weighted by Crippen LogP contribution is 2.58. The number of nitrogens with zero attached hydrogens (tertiary/aromatic N) is 4. The predicted molar refractivity (Wildman–Crippen MR) is 123 cm³/mol. The molecule has 2 aromatic carbocycles. The first-order valence-corrected chi connectivity index (χ1v) is 11.9. The largest absolute Gasteiger partial charge is 0.273 e. The Bertz CT molecular complexity index is 1210. The SMILES string of the molecule is N#CCCCCC12[C@H]3C(=O)N(c4ccccc4)C(=O)[C@@H]3ON1O[C@H]1C(=O)N(c3ccccc3)C(=O)[C@@H]12. The summed E-state index contributed by atoms with van der Waals surface area (Å²) >= 11 is 0. The van der Waals surface area contributed by atoms with Crippen LogP contribution >= 0.6 is 0 Å². The zero-order valence-corrected chi connectivity index (χ0v) is 19.1. The van der Waals surface area contributed by atoms with Crippen LogP contribution in [0.1, 0.15) is 25.7 Å². The van der Waals surface area contributed by atoms with Gasteiger partial charge in [0.2, 0.25) is 11.8 Å². The lowest BCUT2D eigenvalue weighted by atomic mass is 9.69. The fourth-order valence-electron chi connectivity index (χ4n) is 5.98. The molecule has 4 heterocycles. The summed E-state index contributed by atoms with van der Waals surface area (Å²) in [7, 11) is 0. The zero-order valence-electron chi connectivity index (χ0n) is 19.1. The number of para-hydroxylation sites is 2. The molecule has 0 saturated carbocycles. The van der Waals surface area contributed by atoms with Gasteiger partial charge in [-0.3, -0.25) is 28.9 Å². The van der Waals surface area contributed by atoms with Crippen LogP contribution in [0.4, 0.5) is 11.4 Å². The molecule has 4 fully saturated rings. The molecule has 10 nitrogen and oxygen atoms in total. The molecule has 36 heavy (non-hydrogen) atoms.